The van der Waals surface area contributed by atoms with E-state index in [0.29, 0.717) is 11.8 Å². The summed E-state index contributed by atoms with van der Waals surface area (Å²) in [5, 5.41) is 17.7. The van der Waals surface area contributed by atoms with Crippen LogP contribution in [0, 0.1) is 0 Å². The van der Waals surface area contributed by atoms with E-state index in [9.17, 15) is 0 Å². The Balaban J connectivity index is 1.51. The minimum absolute atomic E-state index is 0.262. The minimum Gasteiger partial charge on any atom is -0.425 e. The van der Waals surface area contributed by atoms with E-state index in [-0.39, 0.29) is 5.92 Å². The summed E-state index contributed by atoms with van der Waals surface area (Å²) >= 11 is 0. The molecule has 0 fully saturated rings. The first-order valence-corrected chi connectivity index (χ1v) is 10.6. The lowest BCUT2D eigenvalue weighted by molar-refractivity contribution is 0.428. The van der Waals surface area contributed by atoms with Crippen LogP contribution in [-0.2, 0) is 19.4 Å². The van der Waals surface area contributed by atoms with Crippen LogP contribution < -0.4 is 0 Å². The van der Waals surface area contributed by atoms with Gasteiger partial charge in [-0.3, -0.25) is 0 Å². The monoisotopic (exact) mass is 401 g/mol. The van der Waals surface area contributed by atoms with Gasteiger partial charge in [0.2, 0.25) is 11.8 Å². The van der Waals surface area contributed by atoms with Crippen molar-refractivity contribution in [3.05, 3.63) is 71.9 Å². The van der Waals surface area contributed by atoms with E-state index < -0.39 is 0 Å². The fourth-order valence-corrected chi connectivity index (χ4v) is 3.39. The standard InChI is InChI=1S/C24H27N5O/c1-4-29-27-22(19-12-6-5-7-13-19)23(28-29)20-14-8-10-18(16-20)11-9-15-21-25-26-24(30-21)17(2)3/h5-8,10,12-14,16-17H,4,9,11,15H2,1-3H3. The van der Waals surface area contributed by atoms with E-state index in [1.807, 2.05) is 18.2 Å². The van der Waals surface area contributed by atoms with Gasteiger partial charge in [-0.25, -0.2) is 0 Å². The van der Waals surface area contributed by atoms with Crippen molar-refractivity contribution in [3.63, 3.8) is 0 Å². The summed E-state index contributed by atoms with van der Waals surface area (Å²) in [6.07, 6.45) is 2.68. The van der Waals surface area contributed by atoms with E-state index >= 15 is 0 Å². The quantitative estimate of drug-likeness (QED) is 0.400. The lowest BCUT2D eigenvalue weighted by Gasteiger charge is -2.05. The Bertz CT molecular complexity index is 1100. The molecule has 154 valence electrons. The Kier molecular flexibility index (Phi) is 6.02. The molecule has 0 saturated heterocycles. The maximum atomic E-state index is 5.71. The average Bonchev–Trinajstić information content (AvgIpc) is 3.42. The van der Waals surface area contributed by atoms with Crippen LogP contribution >= 0.6 is 0 Å². The summed E-state index contributed by atoms with van der Waals surface area (Å²) < 4.78 is 5.71. The molecule has 2 heterocycles. The molecular weight excluding hydrogens is 374 g/mol. The first-order chi connectivity index (χ1) is 14.6. The molecule has 0 aliphatic carbocycles. The van der Waals surface area contributed by atoms with Gasteiger partial charge < -0.3 is 4.42 Å². The maximum Gasteiger partial charge on any atom is 0.219 e. The molecule has 4 aromatic rings. The Hall–Kier alpha value is -3.28. The Morgan fingerprint density at radius 3 is 2.30 bits per heavy atom. The van der Waals surface area contributed by atoms with E-state index in [1.165, 1.54) is 5.56 Å². The second-order valence-electron chi connectivity index (χ2n) is 7.69. The van der Waals surface area contributed by atoms with E-state index in [4.69, 9.17) is 14.6 Å². The molecule has 0 radical (unpaired) electrons. The summed E-state index contributed by atoms with van der Waals surface area (Å²) in [7, 11) is 0. The van der Waals surface area contributed by atoms with Crippen molar-refractivity contribution in [2.75, 3.05) is 0 Å². The number of rotatable bonds is 8. The second-order valence-corrected chi connectivity index (χ2v) is 7.69. The van der Waals surface area contributed by atoms with Gasteiger partial charge in [0, 0.05) is 23.5 Å². The molecule has 2 aromatic heterocycles. The zero-order valence-corrected chi connectivity index (χ0v) is 17.7. The van der Waals surface area contributed by atoms with Gasteiger partial charge in [-0.1, -0.05) is 62.4 Å². The van der Waals surface area contributed by atoms with Crippen molar-refractivity contribution < 1.29 is 4.42 Å². The van der Waals surface area contributed by atoms with Gasteiger partial charge in [0.15, 0.2) is 0 Å². The van der Waals surface area contributed by atoms with Crippen LogP contribution in [0.1, 0.15) is 50.5 Å². The first kappa shape index (κ1) is 20.0. The molecule has 6 nitrogen and oxygen atoms in total. The van der Waals surface area contributed by atoms with Gasteiger partial charge in [-0.2, -0.15) is 15.0 Å². The summed E-state index contributed by atoms with van der Waals surface area (Å²) in [5.74, 6) is 1.69. The van der Waals surface area contributed by atoms with Crippen LogP contribution in [0.3, 0.4) is 0 Å². The third-order valence-corrected chi connectivity index (χ3v) is 5.02. The highest BCUT2D eigenvalue weighted by atomic mass is 16.4. The van der Waals surface area contributed by atoms with Gasteiger partial charge >= 0.3 is 0 Å². The number of aromatic nitrogens is 5. The fraction of sp³-hybridized carbons (Fsp3) is 0.333. The zero-order valence-electron chi connectivity index (χ0n) is 17.7. The van der Waals surface area contributed by atoms with Crippen LogP contribution in [0.25, 0.3) is 22.5 Å². The number of nitrogens with zero attached hydrogens (tertiary/aromatic N) is 5. The predicted molar refractivity (Wildman–Crippen MR) is 117 cm³/mol. The Morgan fingerprint density at radius 2 is 1.60 bits per heavy atom. The van der Waals surface area contributed by atoms with Crippen LogP contribution in [0.5, 0.6) is 0 Å². The molecule has 6 heteroatoms. The SMILES string of the molecule is CCn1nc(-c2ccccc2)c(-c2cccc(CCCc3nnc(C(C)C)o3)c2)n1. The van der Waals surface area contributed by atoms with Crippen LogP contribution in [0.2, 0.25) is 0 Å². The van der Waals surface area contributed by atoms with E-state index in [2.05, 4.69) is 67.4 Å². The molecule has 2 aromatic carbocycles. The highest BCUT2D eigenvalue weighted by Crippen LogP contribution is 2.29. The maximum absolute atomic E-state index is 5.71. The third kappa shape index (κ3) is 4.48. The van der Waals surface area contributed by atoms with Gasteiger partial charge in [-0.05, 0) is 31.4 Å². The summed E-state index contributed by atoms with van der Waals surface area (Å²) in [6.45, 7) is 6.90. The van der Waals surface area contributed by atoms with Gasteiger partial charge in [0.1, 0.15) is 11.4 Å². The van der Waals surface area contributed by atoms with Gasteiger partial charge in [-0.15, -0.1) is 10.2 Å². The molecule has 0 unspecified atom stereocenters. The lowest BCUT2D eigenvalue weighted by atomic mass is 10.0. The van der Waals surface area contributed by atoms with E-state index in [0.717, 1.165) is 48.3 Å². The van der Waals surface area contributed by atoms with Gasteiger partial charge in [0.25, 0.3) is 0 Å². The molecule has 0 spiro atoms. The normalized spacial score (nSPS) is 11.3. The molecule has 0 bridgehead atoms. The molecule has 0 aliphatic rings. The first-order valence-electron chi connectivity index (χ1n) is 10.6. The van der Waals surface area contributed by atoms with Crippen LogP contribution in [0.15, 0.2) is 59.0 Å². The number of hydrogen-bond acceptors (Lipinski definition) is 5. The molecular formula is C24H27N5O. The third-order valence-electron chi connectivity index (χ3n) is 5.02. The zero-order chi connectivity index (χ0) is 20.9. The topological polar surface area (TPSA) is 69.6 Å². The molecule has 0 amide bonds. The largest absolute Gasteiger partial charge is 0.425 e. The van der Waals surface area contributed by atoms with Crippen molar-refractivity contribution in [2.24, 2.45) is 0 Å². The highest BCUT2D eigenvalue weighted by molar-refractivity contribution is 5.77. The predicted octanol–water partition coefficient (Wildman–Crippen LogP) is 5.31. The van der Waals surface area contributed by atoms with Crippen molar-refractivity contribution in [3.8, 4) is 22.5 Å². The second kappa shape index (κ2) is 9.03. The summed E-state index contributed by atoms with van der Waals surface area (Å²) in [6, 6.07) is 18.8. The van der Waals surface area contributed by atoms with Crippen molar-refractivity contribution in [1.82, 2.24) is 25.2 Å². The number of benzene rings is 2. The van der Waals surface area contributed by atoms with E-state index in [1.54, 1.807) is 4.80 Å². The smallest absolute Gasteiger partial charge is 0.219 e. The van der Waals surface area contributed by atoms with Crippen molar-refractivity contribution in [1.29, 1.82) is 0 Å². The Labute approximate surface area is 177 Å². The molecule has 0 atom stereocenters. The average molecular weight is 402 g/mol. The van der Waals surface area contributed by atoms with Gasteiger partial charge in [0.05, 0.1) is 6.54 Å². The molecule has 30 heavy (non-hydrogen) atoms. The number of aryl methyl sites for hydroxylation is 3. The molecule has 0 N–H and O–H groups in total. The minimum atomic E-state index is 0.262. The van der Waals surface area contributed by atoms with Crippen molar-refractivity contribution in [2.45, 2.75) is 52.5 Å². The number of hydrogen-bond donors (Lipinski definition) is 0. The molecule has 4 rings (SSSR count). The fourth-order valence-electron chi connectivity index (χ4n) is 3.39. The lowest BCUT2D eigenvalue weighted by Crippen LogP contribution is -1.98. The highest BCUT2D eigenvalue weighted by Gasteiger charge is 2.15. The summed E-state index contributed by atoms with van der Waals surface area (Å²) in [5.41, 5.74) is 5.27. The molecule has 0 aliphatic heterocycles. The Morgan fingerprint density at radius 1 is 0.867 bits per heavy atom. The van der Waals surface area contributed by atoms with Crippen LogP contribution in [0.4, 0.5) is 0 Å². The molecule has 0 saturated carbocycles. The van der Waals surface area contributed by atoms with Crippen LogP contribution in [-0.4, -0.2) is 25.2 Å². The summed E-state index contributed by atoms with van der Waals surface area (Å²) in [4.78, 5) is 1.76. The van der Waals surface area contributed by atoms with Crippen molar-refractivity contribution >= 4 is 0 Å².